The zero-order chi connectivity index (χ0) is 15.8. The first kappa shape index (κ1) is 13.9. The first-order valence-corrected chi connectivity index (χ1v) is 7.71. The molecule has 0 radical (unpaired) electrons. The summed E-state index contributed by atoms with van der Waals surface area (Å²) in [7, 11) is 0. The van der Waals surface area contributed by atoms with Crippen LogP contribution >= 0.6 is 0 Å². The van der Waals surface area contributed by atoms with E-state index in [1.165, 1.54) is 5.57 Å². The summed E-state index contributed by atoms with van der Waals surface area (Å²) in [5, 5.41) is 0. The summed E-state index contributed by atoms with van der Waals surface area (Å²) in [5.74, 6) is 2.52. The Bertz CT molecular complexity index is 905. The Kier molecular flexibility index (Phi) is 3.30. The van der Waals surface area contributed by atoms with E-state index in [-0.39, 0.29) is 6.79 Å². The molecule has 1 aliphatic rings. The van der Waals surface area contributed by atoms with Gasteiger partial charge in [-0.05, 0) is 44.2 Å². The molecule has 0 saturated heterocycles. The maximum atomic E-state index is 5.50. The summed E-state index contributed by atoms with van der Waals surface area (Å²) >= 11 is 0. The third kappa shape index (κ3) is 2.46. The van der Waals surface area contributed by atoms with E-state index in [4.69, 9.17) is 14.5 Å². The Morgan fingerprint density at radius 1 is 1.13 bits per heavy atom. The normalized spacial score (nSPS) is 12.6. The van der Waals surface area contributed by atoms with Crippen molar-refractivity contribution in [1.82, 2.24) is 9.55 Å². The number of aromatic nitrogens is 2. The molecule has 0 saturated carbocycles. The Hall–Kier alpha value is -2.75. The Morgan fingerprint density at radius 3 is 2.83 bits per heavy atom. The lowest BCUT2D eigenvalue weighted by molar-refractivity contribution is 0.174. The van der Waals surface area contributed by atoms with Crippen molar-refractivity contribution in [2.75, 3.05) is 6.79 Å². The van der Waals surface area contributed by atoms with Crippen LogP contribution in [-0.2, 0) is 6.54 Å². The molecule has 1 aliphatic heterocycles. The summed E-state index contributed by atoms with van der Waals surface area (Å²) in [5.41, 5.74) is 4.46. The highest BCUT2D eigenvalue weighted by Gasteiger charge is 2.17. The van der Waals surface area contributed by atoms with Gasteiger partial charge in [-0.1, -0.05) is 23.8 Å². The van der Waals surface area contributed by atoms with Gasteiger partial charge >= 0.3 is 0 Å². The maximum absolute atomic E-state index is 5.50. The number of rotatable bonds is 3. The Balaban J connectivity index is 1.88. The molecule has 23 heavy (non-hydrogen) atoms. The minimum absolute atomic E-state index is 0.285. The monoisotopic (exact) mass is 306 g/mol. The topological polar surface area (TPSA) is 36.3 Å². The first-order chi connectivity index (χ1) is 11.2. The van der Waals surface area contributed by atoms with Crippen molar-refractivity contribution in [2.45, 2.75) is 20.4 Å². The van der Waals surface area contributed by atoms with E-state index in [0.717, 1.165) is 40.5 Å². The Morgan fingerprint density at radius 2 is 1.96 bits per heavy atom. The lowest BCUT2D eigenvalue weighted by Gasteiger charge is -2.08. The van der Waals surface area contributed by atoms with Crippen LogP contribution < -0.4 is 9.47 Å². The molecule has 4 heteroatoms. The SMILES string of the molecule is CC(C)=CCn1c(-c2ccc3c(c2)OCO3)nc2ccccc21. The lowest BCUT2D eigenvalue weighted by Crippen LogP contribution is -1.99. The molecule has 1 aromatic heterocycles. The molecule has 0 unspecified atom stereocenters. The van der Waals surface area contributed by atoms with Gasteiger partial charge in [-0.2, -0.15) is 0 Å². The highest BCUT2D eigenvalue weighted by atomic mass is 16.7. The number of nitrogens with zero attached hydrogens (tertiary/aromatic N) is 2. The maximum Gasteiger partial charge on any atom is 0.231 e. The van der Waals surface area contributed by atoms with Crippen LogP contribution in [0.2, 0.25) is 0 Å². The molecule has 0 aliphatic carbocycles. The molecule has 0 fully saturated rings. The number of fused-ring (bicyclic) bond motifs is 2. The van der Waals surface area contributed by atoms with Crippen LogP contribution in [0.3, 0.4) is 0 Å². The van der Waals surface area contributed by atoms with Gasteiger partial charge in [-0.25, -0.2) is 4.98 Å². The number of imidazole rings is 1. The molecule has 0 bridgehead atoms. The van der Waals surface area contributed by atoms with Crippen LogP contribution in [0.4, 0.5) is 0 Å². The van der Waals surface area contributed by atoms with E-state index < -0.39 is 0 Å². The number of benzene rings is 2. The quantitative estimate of drug-likeness (QED) is 0.673. The summed E-state index contributed by atoms with van der Waals surface area (Å²) in [6.07, 6.45) is 2.21. The third-order valence-electron chi connectivity index (χ3n) is 3.97. The molecule has 4 nitrogen and oxygen atoms in total. The number of para-hydroxylation sites is 2. The summed E-state index contributed by atoms with van der Waals surface area (Å²) in [4.78, 5) is 4.82. The van der Waals surface area contributed by atoms with Crippen molar-refractivity contribution in [3.05, 3.63) is 54.1 Å². The fourth-order valence-electron chi connectivity index (χ4n) is 2.79. The van der Waals surface area contributed by atoms with E-state index >= 15 is 0 Å². The van der Waals surface area contributed by atoms with Crippen LogP contribution in [-0.4, -0.2) is 16.3 Å². The van der Waals surface area contributed by atoms with E-state index in [2.05, 4.69) is 30.6 Å². The molecule has 2 heterocycles. The fourth-order valence-corrected chi connectivity index (χ4v) is 2.79. The van der Waals surface area contributed by atoms with Crippen molar-refractivity contribution in [3.8, 4) is 22.9 Å². The van der Waals surface area contributed by atoms with E-state index in [1.54, 1.807) is 0 Å². The van der Waals surface area contributed by atoms with Crippen LogP contribution in [0.15, 0.2) is 54.1 Å². The molecular formula is C19H18N2O2. The minimum Gasteiger partial charge on any atom is -0.454 e. The van der Waals surface area contributed by atoms with Gasteiger partial charge in [0.25, 0.3) is 0 Å². The van der Waals surface area contributed by atoms with Crippen molar-refractivity contribution >= 4 is 11.0 Å². The third-order valence-corrected chi connectivity index (χ3v) is 3.97. The lowest BCUT2D eigenvalue weighted by atomic mass is 10.2. The van der Waals surface area contributed by atoms with Gasteiger partial charge in [-0.15, -0.1) is 0 Å². The van der Waals surface area contributed by atoms with Gasteiger partial charge in [0.15, 0.2) is 11.5 Å². The molecule has 0 amide bonds. The van der Waals surface area contributed by atoms with Gasteiger partial charge < -0.3 is 14.0 Å². The Labute approximate surface area is 135 Å². The smallest absolute Gasteiger partial charge is 0.231 e. The predicted molar refractivity (Wildman–Crippen MR) is 90.7 cm³/mol. The van der Waals surface area contributed by atoms with Gasteiger partial charge in [0.1, 0.15) is 5.82 Å². The van der Waals surface area contributed by atoms with E-state index in [9.17, 15) is 0 Å². The molecule has 116 valence electrons. The van der Waals surface area contributed by atoms with Crippen molar-refractivity contribution in [3.63, 3.8) is 0 Å². The van der Waals surface area contributed by atoms with Crippen LogP contribution in [0.1, 0.15) is 13.8 Å². The molecule has 2 aromatic carbocycles. The van der Waals surface area contributed by atoms with Crippen molar-refractivity contribution in [2.24, 2.45) is 0 Å². The summed E-state index contributed by atoms with van der Waals surface area (Å²) in [6.45, 7) is 5.30. The van der Waals surface area contributed by atoms with Gasteiger partial charge in [0.05, 0.1) is 11.0 Å². The molecule has 0 atom stereocenters. The first-order valence-electron chi connectivity index (χ1n) is 7.71. The average Bonchev–Trinajstić information content (AvgIpc) is 3.16. The highest BCUT2D eigenvalue weighted by Crippen LogP contribution is 2.36. The number of hydrogen-bond acceptors (Lipinski definition) is 3. The van der Waals surface area contributed by atoms with Crippen molar-refractivity contribution in [1.29, 1.82) is 0 Å². The molecular weight excluding hydrogens is 288 g/mol. The largest absolute Gasteiger partial charge is 0.454 e. The molecule has 0 N–H and O–H groups in total. The van der Waals surface area contributed by atoms with E-state index in [0.29, 0.717) is 0 Å². The van der Waals surface area contributed by atoms with Gasteiger partial charge in [0.2, 0.25) is 6.79 Å². The molecule has 3 aromatic rings. The minimum atomic E-state index is 0.285. The van der Waals surface area contributed by atoms with Crippen LogP contribution in [0.5, 0.6) is 11.5 Å². The fraction of sp³-hybridized carbons (Fsp3) is 0.211. The highest BCUT2D eigenvalue weighted by molar-refractivity contribution is 5.81. The van der Waals surface area contributed by atoms with E-state index in [1.807, 2.05) is 36.4 Å². The van der Waals surface area contributed by atoms with Crippen LogP contribution in [0.25, 0.3) is 22.4 Å². The standard InChI is InChI=1S/C19H18N2O2/c1-13(2)9-10-21-16-6-4-3-5-15(16)20-19(21)14-7-8-17-18(11-14)23-12-22-17/h3-9,11H,10,12H2,1-2H3. The molecule has 4 rings (SSSR count). The number of allylic oxidation sites excluding steroid dienone is 2. The number of hydrogen-bond donors (Lipinski definition) is 0. The zero-order valence-corrected chi connectivity index (χ0v) is 13.2. The average molecular weight is 306 g/mol. The second kappa shape index (κ2) is 5.47. The van der Waals surface area contributed by atoms with Crippen LogP contribution in [0, 0.1) is 0 Å². The summed E-state index contributed by atoms with van der Waals surface area (Å²) < 4.78 is 13.1. The summed E-state index contributed by atoms with van der Waals surface area (Å²) in [6, 6.07) is 14.2. The second-order valence-corrected chi connectivity index (χ2v) is 5.88. The molecule has 0 spiro atoms. The number of ether oxygens (including phenoxy) is 2. The van der Waals surface area contributed by atoms with Crippen molar-refractivity contribution < 1.29 is 9.47 Å². The van der Waals surface area contributed by atoms with Gasteiger partial charge in [-0.3, -0.25) is 0 Å². The van der Waals surface area contributed by atoms with Gasteiger partial charge in [0, 0.05) is 12.1 Å². The predicted octanol–water partition coefficient (Wildman–Crippen LogP) is 4.40. The zero-order valence-electron chi connectivity index (χ0n) is 13.2. The second-order valence-electron chi connectivity index (χ2n) is 5.88.